The Morgan fingerprint density at radius 2 is 0.730 bits per heavy atom. The fourth-order valence-electron chi connectivity index (χ4n) is 15.8. The minimum absolute atomic E-state index is 0.0429. The predicted molar refractivity (Wildman–Crippen MR) is 554 cm³/mol. The largest absolute Gasteiger partial charge is 0.454 e. The number of aromatic amines is 2. The molecule has 0 saturated carbocycles. The van der Waals surface area contributed by atoms with Crippen molar-refractivity contribution >= 4 is 181 Å². The number of para-hydroxylation sites is 1. The normalized spacial score (nSPS) is 11.2. The number of rotatable bonds is 16. The summed E-state index contributed by atoms with van der Waals surface area (Å²) in [5, 5.41) is 45.7. The first-order valence-electron chi connectivity index (χ1n) is 43.7. The van der Waals surface area contributed by atoms with Gasteiger partial charge in [-0.15, -0.1) is 0 Å². The van der Waals surface area contributed by atoms with Crippen LogP contribution in [0.15, 0.2) is 368 Å². The van der Waals surface area contributed by atoms with Gasteiger partial charge in [0, 0.05) is 155 Å². The Labute approximate surface area is 828 Å². The highest BCUT2D eigenvalue weighted by atomic mass is 35.5. The quantitative estimate of drug-likeness (QED) is 0.0472. The molecule has 10 aromatic heterocycles. The standard InChI is InChI=1S/C24H15ClN4O2.C23H15ClN4O.C23H15ClN2O3.C20H15ClN4O.C20H14ClN3O2/c25-20-8-7-17(12-19(20)22-18-6-2-1-4-15(18)9-11-27-22)29-23(30)24-28-14-21(31-24)16-5-3-10-26-13-16;24-19-10-9-15(26-23(29)22-17-7-3-4-8-20(17)27-28-22)13-18(19)21-16-6-2-1-5-14(16)11-12-25-21;24-19-7-6-16(26-23(27)15-5-8-20-21(11-15)29-13-28-20)12-18(19)22-17-4-2-1-3-14(17)9-10-25-22;1-12-10-18(25-24-12)20(26)23-14-6-7-17(21)16(11-14)19-15-5-3-2-4-13(15)8-9-22-19;1-12-10-18(26-24-12)20(25)23-14-6-7-17(21)16(11-14)19-15-5-3-2-4-13(15)8-9-22-19/h1-14H,(H,29,30);1-13H,(H,26,29)(H,27,28);1-12H,13H2,(H,26,27);2-11H,1H3,(H,23,26)(H,24,25);2-11H,1H3,(H,23,25). The van der Waals surface area contributed by atoms with Gasteiger partial charge in [-0.1, -0.05) is 203 Å². The lowest BCUT2D eigenvalue weighted by Gasteiger charge is -2.11. The summed E-state index contributed by atoms with van der Waals surface area (Å²) < 4.78 is 21.2. The van der Waals surface area contributed by atoms with Crippen molar-refractivity contribution in [2.24, 2.45) is 0 Å². The molecular formula is C110H74Cl5N17O9. The predicted octanol–water partition coefficient (Wildman–Crippen LogP) is 27.0. The first-order valence-corrected chi connectivity index (χ1v) is 45.6. The van der Waals surface area contributed by atoms with E-state index in [9.17, 15) is 24.0 Å². The second-order valence-corrected chi connectivity index (χ2v) is 33.9. The Balaban J connectivity index is 0.000000112. The van der Waals surface area contributed by atoms with Gasteiger partial charge in [-0.25, -0.2) is 4.98 Å². The van der Waals surface area contributed by atoms with Gasteiger partial charge < -0.3 is 45.0 Å². The van der Waals surface area contributed by atoms with Crippen LogP contribution in [0.5, 0.6) is 11.5 Å². The molecule has 0 spiro atoms. The molecule has 0 bridgehead atoms. The second-order valence-electron chi connectivity index (χ2n) is 31.9. The van der Waals surface area contributed by atoms with Gasteiger partial charge in [0.15, 0.2) is 28.6 Å². The first kappa shape index (κ1) is 92.4. The third kappa shape index (κ3) is 21.0. The van der Waals surface area contributed by atoms with Crippen molar-refractivity contribution in [3.63, 3.8) is 0 Å². The zero-order valence-electron chi connectivity index (χ0n) is 74.3. The van der Waals surface area contributed by atoms with Crippen LogP contribution in [0.4, 0.5) is 28.4 Å². The van der Waals surface area contributed by atoms with E-state index in [4.69, 9.17) is 76.4 Å². The average Bonchev–Trinajstić information content (AvgIpc) is 0.946. The summed E-state index contributed by atoms with van der Waals surface area (Å²) in [7, 11) is 0. The molecule has 12 aromatic carbocycles. The van der Waals surface area contributed by atoms with Crippen molar-refractivity contribution in [3.05, 3.63) is 424 Å². The van der Waals surface area contributed by atoms with Crippen LogP contribution in [0.3, 0.4) is 0 Å². The van der Waals surface area contributed by atoms with Gasteiger partial charge in [0.2, 0.25) is 12.6 Å². The van der Waals surface area contributed by atoms with E-state index in [1.807, 2.05) is 207 Å². The number of pyridine rings is 6. The molecule has 11 heterocycles. The van der Waals surface area contributed by atoms with Crippen molar-refractivity contribution in [1.82, 2.24) is 60.4 Å². The molecule has 1 aliphatic rings. The maximum absolute atomic E-state index is 12.8. The van der Waals surface area contributed by atoms with E-state index in [1.54, 1.807) is 159 Å². The number of H-pyrrole nitrogens is 2. The van der Waals surface area contributed by atoms with Gasteiger partial charge in [-0.2, -0.15) is 10.2 Å². The van der Waals surface area contributed by atoms with Gasteiger partial charge in [-0.3, -0.25) is 64.1 Å². The van der Waals surface area contributed by atoms with Crippen molar-refractivity contribution in [2.45, 2.75) is 13.8 Å². The van der Waals surface area contributed by atoms with Crippen LogP contribution < -0.4 is 36.1 Å². The first-order chi connectivity index (χ1) is 68.8. The molecule has 22 aromatic rings. The number of hydrogen-bond donors (Lipinski definition) is 7. The number of aromatic nitrogens is 12. The summed E-state index contributed by atoms with van der Waals surface area (Å²) in [5.74, 6) is 0.124. The van der Waals surface area contributed by atoms with Crippen LogP contribution in [-0.4, -0.2) is 96.8 Å². The molecule has 0 saturated heterocycles. The number of fused-ring (bicyclic) bond motifs is 7. The van der Waals surface area contributed by atoms with E-state index in [-0.39, 0.29) is 42.1 Å². The number of oxazole rings is 1. The number of hydrogen-bond acceptors (Lipinski definition) is 19. The Morgan fingerprint density at radius 3 is 1.14 bits per heavy atom. The third-order valence-electron chi connectivity index (χ3n) is 22.5. The number of halogens is 5. The van der Waals surface area contributed by atoms with Crippen LogP contribution in [0, 0.1) is 13.8 Å². The number of amides is 5. The van der Waals surface area contributed by atoms with E-state index in [2.05, 4.69) is 87.0 Å². The van der Waals surface area contributed by atoms with E-state index in [0.717, 1.165) is 132 Å². The highest BCUT2D eigenvalue weighted by molar-refractivity contribution is 6.36. The lowest BCUT2D eigenvalue weighted by molar-refractivity contribution is 0.0982. The lowest BCUT2D eigenvalue weighted by Crippen LogP contribution is -2.12. The number of nitrogens with zero attached hydrogens (tertiary/aromatic N) is 10. The van der Waals surface area contributed by atoms with Crippen molar-refractivity contribution in [2.75, 3.05) is 33.4 Å². The summed E-state index contributed by atoms with van der Waals surface area (Å²) in [6, 6.07) is 95.7. The zero-order valence-corrected chi connectivity index (χ0v) is 78.1. The zero-order chi connectivity index (χ0) is 97.0. The fraction of sp³-hybridized carbons (Fsp3) is 0.0273. The molecule has 23 rings (SSSR count). The molecule has 31 heteroatoms. The molecule has 0 fully saturated rings. The Hall–Kier alpha value is -17.7. The van der Waals surface area contributed by atoms with Gasteiger partial charge in [0.05, 0.1) is 71.0 Å². The number of aryl methyl sites for hydroxylation is 2. The van der Waals surface area contributed by atoms with Crippen LogP contribution in [0.1, 0.15) is 64.0 Å². The Bertz CT molecular complexity index is 8350. The highest BCUT2D eigenvalue weighted by Crippen LogP contribution is 2.42. The van der Waals surface area contributed by atoms with Crippen molar-refractivity contribution in [3.8, 4) is 79.1 Å². The maximum atomic E-state index is 12.8. The summed E-state index contributed by atoms with van der Waals surface area (Å²) in [6.07, 6.45) is 13.6. The Kier molecular flexibility index (Phi) is 27.5. The molecule has 0 radical (unpaired) electrons. The summed E-state index contributed by atoms with van der Waals surface area (Å²) in [6.45, 7) is 3.77. The number of anilines is 5. The van der Waals surface area contributed by atoms with Gasteiger partial charge in [-0.05, 0) is 205 Å². The van der Waals surface area contributed by atoms with E-state index in [1.165, 1.54) is 6.20 Å². The number of nitrogens with one attached hydrogen (secondary N) is 7. The van der Waals surface area contributed by atoms with Crippen LogP contribution >= 0.6 is 58.0 Å². The van der Waals surface area contributed by atoms with Gasteiger partial charge >= 0.3 is 5.91 Å². The van der Waals surface area contributed by atoms with Gasteiger partial charge in [0.25, 0.3) is 29.5 Å². The van der Waals surface area contributed by atoms with Crippen molar-refractivity contribution in [1.29, 1.82) is 0 Å². The maximum Gasteiger partial charge on any atom is 0.311 e. The van der Waals surface area contributed by atoms with E-state index in [0.29, 0.717) is 93.5 Å². The minimum atomic E-state index is -0.464. The van der Waals surface area contributed by atoms with Gasteiger partial charge in [0.1, 0.15) is 0 Å². The summed E-state index contributed by atoms with van der Waals surface area (Å²) in [5.41, 5.74) is 14.8. The summed E-state index contributed by atoms with van der Waals surface area (Å²) in [4.78, 5) is 93.5. The minimum Gasteiger partial charge on any atom is -0.454 e. The third-order valence-corrected chi connectivity index (χ3v) is 24.2. The molecule has 688 valence electrons. The van der Waals surface area contributed by atoms with Crippen LogP contribution in [0.2, 0.25) is 25.1 Å². The molecule has 0 atom stereocenters. The number of carbonyl (C=O) groups is 5. The lowest BCUT2D eigenvalue weighted by atomic mass is 10.0. The highest BCUT2D eigenvalue weighted by Gasteiger charge is 2.24. The SMILES string of the molecule is Cc1cc(C(=O)Nc2ccc(Cl)c(-c3nccc4ccccc34)c2)n[nH]1.Cc1cc(C(=O)Nc2ccc(Cl)c(-c3nccc4ccccc34)c2)on1.O=C(Nc1ccc(Cl)c(-c2nccc3ccccc23)c1)c1ccc2c(c1)OCO2.O=C(Nc1ccc(Cl)c(-c2nccc3ccccc23)c1)c1n[nH]c2ccccc12.O=C(Nc1ccc(Cl)c(-c2nccc3ccccc23)c1)c1ncc(-c2cccnc2)o1. The van der Waals surface area contributed by atoms with Crippen LogP contribution in [-0.2, 0) is 0 Å². The molecular weight excluding hydrogens is 1880 g/mol. The molecule has 0 unspecified atom stereocenters. The van der Waals surface area contributed by atoms with Crippen molar-refractivity contribution < 1.29 is 42.4 Å². The molecule has 7 N–H and O–H groups in total. The molecule has 0 aliphatic carbocycles. The number of ether oxygens (including phenoxy) is 2. The van der Waals surface area contributed by atoms with Crippen LogP contribution in [0.25, 0.3) is 132 Å². The fourth-order valence-corrected chi connectivity index (χ4v) is 16.8. The average molecular weight is 1960 g/mol. The molecule has 26 nitrogen and oxygen atoms in total. The second kappa shape index (κ2) is 41.9. The smallest absolute Gasteiger partial charge is 0.311 e. The van der Waals surface area contributed by atoms with E-state index < -0.39 is 5.91 Å². The summed E-state index contributed by atoms with van der Waals surface area (Å²) >= 11 is 32.2. The monoisotopic (exact) mass is 1950 g/mol. The molecule has 1 aliphatic heterocycles. The number of carbonyl (C=O) groups excluding carboxylic acids is 5. The van der Waals surface area contributed by atoms with E-state index >= 15 is 0 Å². The molecule has 5 amide bonds. The topological polar surface area (TPSA) is 351 Å². The molecule has 141 heavy (non-hydrogen) atoms. The Morgan fingerprint density at radius 1 is 0.333 bits per heavy atom. The number of benzene rings is 12.